The average Bonchev–Trinajstić information content (AvgIpc) is 2.66. The third-order valence-electron chi connectivity index (χ3n) is 4.19. The van der Waals surface area contributed by atoms with Gasteiger partial charge in [-0.2, -0.15) is 0 Å². The second kappa shape index (κ2) is 9.61. The molecule has 5 nitrogen and oxygen atoms in total. The minimum absolute atomic E-state index is 0.0640. The second-order valence-electron chi connectivity index (χ2n) is 6.12. The zero-order valence-corrected chi connectivity index (χ0v) is 15.5. The number of carbonyl (C=O) groups is 2. The van der Waals surface area contributed by atoms with Crippen molar-refractivity contribution in [2.24, 2.45) is 0 Å². The van der Waals surface area contributed by atoms with Crippen LogP contribution in [0.15, 0.2) is 48.5 Å². The maximum absolute atomic E-state index is 12.1. The molecule has 0 radical (unpaired) electrons. The third kappa shape index (κ3) is 5.34. The van der Waals surface area contributed by atoms with Gasteiger partial charge in [-0.25, -0.2) is 0 Å². The van der Waals surface area contributed by atoms with Crippen molar-refractivity contribution in [2.75, 3.05) is 18.5 Å². The van der Waals surface area contributed by atoms with E-state index in [0.717, 1.165) is 17.7 Å². The zero-order chi connectivity index (χ0) is 18.9. The normalized spacial score (nSPS) is 11.5. The molecule has 2 aromatic carbocycles. The summed E-state index contributed by atoms with van der Waals surface area (Å²) < 4.78 is 5.71. The molecule has 0 heterocycles. The lowest BCUT2D eigenvalue weighted by molar-refractivity contribution is -0.118. The fourth-order valence-corrected chi connectivity index (χ4v) is 2.55. The van der Waals surface area contributed by atoms with Crippen LogP contribution in [0.1, 0.15) is 49.0 Å². The van der Waals surface area contributed by atoms with Crippen molar-refractivity contribution in [2.45, 2.75) is 33.1 Å². The molecule has 0 aromatic heterocycles. The molecule has 0 aliphatic rings. The van der Waals surface area contributed by atoms with Crippen LogP contribution in [0, 0.1) is 0 Å². The molecule has 0 fully saturated rings. The van der Waals surface area contributed by atoms with Crippen molar-refractivity contribution in [1.82, 2.24) is 5.32 Å². The van der Waals surface area contributed by atoms with E-state index in [1.165, 1.54) is 0 Å². The first-order valence-electron chi connectivity index (χ1n) is 8.95. The van der Waals surface area contributed by atoms with E-state index in [-0.39, 0.29) is 18.4 Å². The van der Waals surface area contributed by atoms with Crippen molar-refractivity contribution >= 4 is 17.5 Å². The lowest BCUT2D eigenvalue weighted by Gasteiger charge is -2.15. The highest BCUT2D eigenvalue weighted by Gasteiger charge is 2.11. The maximum atomic E-state index is 12.1. The van der Waals surface area contributed by atoms with Gasteiger partial charge in [-0.1, -0.05) is 32.0 Å². The smallest absolute Gasteiger partial charge is 0.262 e. The Kier molecular flexibility index (Phi) is 7.21. The summed E-state index contributed by atoms with van der Waals surface area (Å²) in [6.07, 6.45) is 1.00. The van der Waals surface area contributed by atoms with Gasteiger partial charge >= 0.3 is 0 Å². The minimum atomic E-state index is -0.241. The maximum Gasteiger partial charge on any atom is 0.262 e. The zero-order valence-electron chi connectivity index (χ0n) is 15.5. The largest absolute Gasteiger partial charge is 0.483 e. The number of anilines is 1. The molecule has 0 saturated carbocycles. The number of rotatable bonds is 8. The Hall–Kier alpha value is -2.82. The molecule has 2 aromatic rings. The van der Waals surface area contributed by atoms with Crippen molar-refractivity contribution in [3.8, 4) is 5.75 Å². The predicted octanol–water partition coefficient (Wildman–Crippen LogP) is 3.97. The van der Waals surface area contributed by atoms with Crippen molar-refractivity contribution < 1.29 is 14.3 Å². The second-order valence-corrected chi connectivity index (χ2v) is 6.12. The monoisotopic (exact) mass is 354 g/mol. The van der Waals surface area contributed by atoms with Gasteiger partial charge in [-0.05, 0) is 55.2 Å². The van der Waals surface area contributed by atoms with Gasteiger partial charge in [0, 0.05) is 17.8 Å². The van der Waals surface area contributed by atoms with Crippen molar-refractivity contribution in [3.63, 3.8) is 0 Å². The SMILES string of the molecule is CCNC(=O)c1ccc(NC(=O)COc2ccccc2C(C)CC)cc1. The van der Waals surface area contributed by atoms with Crippen LogP contribution in [-0.2, 0) is 4.79 Å². The highest BCUT2D eigenvalue weighted by molar-refractivity contribution is 5.96. The van der Waals surface area contributed by atoms with Crippen LogP contribution in [0.5, 0.6) is 5.75 Å². The molecule has 26 heavy (non-hydrogen) atoms. The minimum Gasteiger partial charge on any atom is -0.483 e. The van der Waals surface area contributed by atoms with Gasteiger partial charge in [0.1, 0.15) is 5.75 Å². The van der Waals surface area contributed by atoms with E-state index in [1.54, 1.807) is 24.3 Å². The number of hydrogen-bond acceptors (Lipinski definition) is 3. The molecule has 138 valence electrons. The van der Waals surface area contributed by atoms with Crippen LogP contribution in [0.2, 0.25) is 0 Å². The Bertz CT molecular complexity index is 741. The van der Waals surface area contributed by atoms with E-state index in [9.17, 15) is 9.59 Å². The van der Waals surface area contributed by atoms with Gasteiger partial charge in [0.05, 0.1) is 0 Å². The molecular weight excluding hydrogens is 328 g/mol. The van der Waals surface area contributed by atoms with Gasteiger partial charge in [0.15, 0.2) is 6.61 Å². The van der Waals surface area contributed by atoms with Gasteiger partial charge in [-0.15, -0.1) is 0 Å². The highest BCUT2D eigenvalue weighted by atomic mass is 16.5. The van der Waals surface area contributed by atoms with E-state index in [4.69, 9.17) is 4.74 Å². The first-order chi connectivity index (χ1) is 12.5. The molecular formula is C21H26N2O3. The quantitative estimate of drug-likeness (QED) is 0.754. The summed E-state index contributed by atoms with van der Waals surface area (Å²) in [5, 5.41) is 5.51. The van der Waals surface area contributed by atoms with Crippen LogP contribution in [0.25, 0.3) is 0 Å². The topological polar surface area (TPSA) is 67.4 Å². The summed E-state index contributed by atoms with van der Waals surface area (Å²) in [5.74, 6) is 0.740. The summed E-state index contributed by atoms with van der Waals surface area (Å²) in [7, 11) is 0. The van der Waals surface area contributed by atoms with Gasteiger partial charge < -0.3 is 15.4 Å². The Morgan fingerprint density at radius 1 is 1.04 bits per heavy atom. The molecule has 1 atom stereocenters. The Morgan fingerprint density at radius 3 is 2.38 bits per heavy atom. The van der Waals surface area contributed by atoms with E-state index >= 15 is 0 Å². The Labute approximate surface area is 154 Å². The molecule has 0 saturated heterocycles. The fourth-order valence-electron chi connectivity index (χ4n) is 2.55. The standard InChI is InChI=1S/C21H26N2O3/c1-4-15(3)18-8-6-7-9-19(18)26-14-20(24)23-17-12-10-16(11-13-17)21(25)22-5-2/h6-13,15H,4-5,14H2,1-3H3,(H,22,25)(H,23,24). The fraction of sp³-hybridized carbons (Fsp3) is 0.333. The molecule has 1 unspecified atom stereocenters. The van der Waals surface area contributed by atoms with Crippen LogP contribution < -0.4 is 15.4 Å². The lowest BCUT2D eigenvalue weighted by atomic mass is 9.98. The molecule has 0 aliphatic carbocycles. The number of ether oxygens (including phenoxy) is 1. The number of hydrogen-bond donors (Lipinski definition) is 2. The predicted molar refractivity (Wildman–Crippen MR) is 104 cm³/mol. The summed E-state index contributed by atoms with van der Waals surface area (Å²) >= 11 is 0. The molecule has 0 aliphatic heterocycles. The number of para-hydroxylation sites is 1. The summed E-state index contributed by atoms with van der Waals surface area (Å²) in [6.45, 7) is 6.64. The van der Waals surface area contributed by atoms with Gasteiger partial charge in [0.25, 0.3) is 11.8 Å². The number of carbonyl (C=O) groups excluding carboxylic acids is 2. The van der Waals surface area contributed by atoms with Crippen LogP contribution in [-0.4, -0.2) is 25.0 Å². The number of nitrogens with one attached hydrogen (secondary N) is 2. The Balaban J connectivity index is 1.92. The van der Waals surface area contributed by atoms with Crippen molar-refractivity contribution in [1.29, 1.82) is 0 Å². The van der Waals surface area contributed by atoms with Crippen LogP contribution in [0.4, 0.5) is 5.69 Å². The summed E-state index contributed by atoms with van der Waals surface area (Å²) in [5.41, 5.74) is 2.29. The molecule has 0 bridgehead atoms. The first-order valence-corrected chi connectivity index (χ1v) is 8.95. The van der Waals surface area contributed by atoms with Crippen LogP contribution in [0.3, 0.4) is 0 Å². The van der Waals surface area contributed by atoms with E-state index in [2.05, 4.69) is 24.5 Å². The Morgan fingerprint density at radius 2 is 1.73 bits per heavy atom. The van der Waals surface area contributed by atoms with Crippen LogP contribution >= 0.6 is 0 Å². The molecule has 2 amide bonds. The summed E-state index contributed by atoms with van der Waals surface area (Å²) in [6, 6.07) is 14.6. The average molecular weight is 354 g/mol. The lowest BCUT2D eigenvalue weighted by Crippen LogP contribution is -2.23. The molecule has 2 rings (SSSR count). The number of benzene rings is 2. The first kappa shape index (κ1) is 19.5. The third-order valence-corrected chi connectivity index (χ3v) is 4.19. The van der Waals surface area contributed by atoms with E-state index in [0.29, 0.717) is 23.7 Å². The van der Waals surface area contributed by atoms with E-state index < -0.39 is 0 Å². The van der Waals surface area contributed by atoms with Gasteiger partial charge in [-0.3, -0.25) is 9.59 Å². The molecule has 2 N–H and O–H groups in total. The molecule has 0 spiro atoms. The highest BCUT2D eigenvalue weighted by Crippen LogP contribution is 2.28. The van der Waals surface area contributed by atoms with E-state index in [1.807, 2.05) is 31.2 Å². The number of amides is 2. The van der Waals surface area contributed by atoms with Crippen molar-refractivity contribution in [3.05, 3.63) is 59.7 Å². The van der Waals surface area contributed by atoms with Gasteiger partial charge in [0.2, 0.25) is 0 Å². The molecule has 5 heteroatoms. The summed E-state index contributed by atoms with van der Waals surface area (Å²) in [4.78, 5) is 23.9.